The molecule has 1 aliphatic rings. The van der Waals surface area contributed by atoms with Crippen LogP contribution in [0, 0.1) is 0 Å². The van der Waals surface area contributed by atoms with Crippen LogP contribution < -0.4 is 10.6 Å². The van der Waals surface area contributed by atoms with E-state index in [1.165, 1.54) is 0 Å². The maximum absolute atomic E-state index is 12.5. The molecule has 1 aromatic heterocycles. The Morgan fingerprint density at radius 3 is 2.73 bits per heavy atom. The van der Waals surface area contributed by atoms with Gasteiger partial charge in [0, 0.05) is 29.8 Å². The van der Waals surface area contributed by atoms with E-state index in [9.17, 15) is 4.79 Å². The second-order valence-corrected chi connectivity index (χ2v) is 6.60. The lowest BCUT2D eigenvalue weighted by molar-refractivity contribution is 0.0922. The van der Waals surface area contributed by atoms with Gasteiger partial charge in [0.15, 0.2) is 0 Å². The molecule has 1 amide bonds. The number of nitrogens with zero attached hydrogens (tertiary/aromatic N) is 1. The highest BCUT2D eigenvalue weighted by Crippen LogP contribution is 2.23. The predicted molar refractivity (Wildman–Crippen MR) is 91.9 cm³/mol. The summed E-state index contributed by atoms with van der Waals surface area (Å²) in [6.45, 7) is 1.90. The Morgan fingerprint density at radius 1 is 1.27 bits per heavy atom. The normalized spacial score (nSPS) is 18.2. The van der Waals surface area contributed by atoms with Crippen LogP contribution in [0.3, 0.4) is 0 Å². The maximum Gasteiger partial charge on any atom is 0.268 e. The summed E-state index contributed by atoms with van der Waals surface area (Å²) in [7, 11) is 1.94. The predicted octanol–water partition coefficient (Wildman–Crippen LogP) is 2.94. The molecule has 1 saturated heterocycles. The first-order valence-electron chi connectivity index (χ1n) is 7.58. The van der Waals surface area contributed by atoms with Crippen molar-refractivity contribution in [1.82, 2.24) is 15.2 Å². The number of aromatic nitrogens is 1. The van der Waals surface area contributed by atoms with E-state index in [-0.39, 0.29) is 11.9 Å². The highest BCUT2D eigenvalue weighted by atomic mass is 79.9. The molecule has 0 unspecified atom stereocenters. The lowest BCUT2D eigenvalue weighted by Gasteiger charge is -2.23. The Bertz CT molecular complexity index is 657. The molecule has 116 valence electrons. The van der Waals surface area contributed by atoms with Crippen molar-refractivity contribution in [1.29, 1.82) is 0 Å². The van der Waals surface area contributed by atoms with Crippen molar-refractivity contribution in [2.75, 3.05) is 13.1 Å². The summed E-state index contributed by atoms with van der Waals surface area (Å²) < 4.78 is 3.00. The van der Waals surface area contributed by atoms with Gasteiger partial charge in [-0.05, 0) is 49.2 Å². The summed E-state index contributed by atoms with van der Waals surface area (Å²) >= 11 is 3.44. The van der Waals surface area contributed by atoms with E-state index < -0.39 is 0 Å². The third kappa shape index (κ3) is 3.25. The lowest BCUT2D eigenvalue weighted by atomic mass is 10.1. The van der Waals surface area contributed by atoms with Gasteiger partial charge < -0.3 is 15.2 Å². The molecule has 0 aliphatic carbocycles. The van der Waals surface area contributed by atoms with Gasteiger partial charge in [0.1, 0.15) is 5.69 Å². The third-order valence-electron chi connectivity index (χ3n) is 4.13. The summed E-state index contributed by atoms with van der Waals surface area (Å²) in [6, 6.07) is 12.2. The molecule has 2 aromatic rings. The van der Waals surface area contributed by atoms with E-state index in [1.54, 1.807) is 0 Å². The first-order chi connectivity index (χ1) is 10.6. The molecule has 1 aromatic carbocycles. The summed E-state index contributed by atoms with van der Waals surface area (Å²) in [4.78, 5) is 12.5. The molecule has 0 saturated carbocycles. The molecule has 1 fully saturated rings. The number of nitrogens with one attached hydrogen (secondary N) is 2. The van der Waals surface area contributed by atoms with Crippen LogP contribution in [0.15, 0.2) is 40.9 Å². The molecule has 4 nitrogen and oxygen atoms in total. The van der Waals surface area contributed by atoms with E-state index in [1.807, 2.05) is 48.0 Å². The Hall–Kier alpha value is -1.59. The number of carbonyl (C=O) groups is 1. The number of carbonyl (C=O) groups excluding carboxylic acids is 1. The van der Waals surface area contributed by atoms with E-state index in [0.717, 1.165) is 41.7 Å². The monoisotopic (exact) mass is 361 g/mol. The molecular weight excluding hydrogens is 342 g/mol. The van der Waals surface area contributed by atoms with Gasteiger partial charge in [0.05, 0.1) is 0 Å². The van der Waals surface area contributed by atoms with Crippen molar-refractivity contribution in [2.24, 2.45) is 7.05 Å². The second kappa shape index (κ2) is 6.67. The standard InChI is InChI=1S/C17H20BrN3O/c1-21-15(12-4-6-13(18)7-5-12)8-9-16(21)17(22)20-14-3-2-10-19-11-14/h4-9,14,19H,2-3,10-11H2,1H3,(H,20,22)/t14-/m0/s1. The number of benzene rings is 1. The largest absolute Gasteiger partial charge is 0.347 e. The van der Waals surface area contributed by atoms with Gasteiger partial charge in [-0.2, -0.15) is 0 Å². The topological polar surface area (TPSA) is 46.1 Å². The number of halogens is 1. The average Bonchev–Trinajstić information content (AvgIpc) is 2.91. The zero-order chi connectivity index (χ0) is 15.5. The van der Waals surface area contributed by atoms with Crippen molar-refractivity contribution in [3.63, 3.8) is 0 Å². The van der Waals surface area contributed by atoms with Crippen molar-refractivity contribution < 1.29 is 4.79 Å². The SMILES string of the molecule is Cn1c(C(=O)N[C@H]2CCCNC2)ccc1-c1ccc(Br)cc1. The molecule has 1 atom stereocenters. The van der Waals surface area contributed by atoms with E-state index in [2.05, 4.69) is 26.6 Å². The van der Waals surface area contributed by atoms with Crippen molar-refractivity contribution >= 4 is 21.8 Å². The molecule has 1 aliphatic heterocycles. The Balaban J connectivity index is 1.77. The molecule has 0 bridgehead atoms. The van der Waals surface area contributed by atoms with Crippen molar-refractivity contribution in [2.45, 2.75) is 18.9 Å². The maximum atomic E-state index is 12.5. The van der Waals surface area contributed by atoms with E-state index >= 15 is 0 Å². The Morgan fingerprint density at radius 2 is 2.05 bits per heavy atom. The second-order valence-electron chi connectivity index (χ2n) is 5.69. The summed E-state index contributed by atoms with van der Waals surface area (Å²) in [5, 5.41) is 6.44. The van der Waals surface area contributed by atoms with E-state index in [4.69, 9.17) is 0 Å². The zero-order valence-electron chi connectivity index (χ0n) is 12.6. The van der Waals surface area contributed by atoms with Gasteiger partial charge >= 0.3 is 0 Å². The van der Waals surface area contributed by atoms with Gasteiger partial charge in [0.2, 0.25) is 0 Å². The summed E-state index contributed by atoms with van der Waals surface area (Å²) in [6.07, 6.45) is 2.16. The minimum Gasteiger partial charge on any atom is -0.347 e. The van der Waals surface area contributed by atoms with Crippen LogP contribution in [-0.2, 0) is 7.05 Å². The minimum atomic E-state index is -0.000406. The lowest BCUT2D eigenvalue weighted by Crippen LogP contribution is -2.45. The number of piperidine rings is 1. The van der Waals surface area contributed by atoms with Crippen LogP contribution in [0.25, 0.3) is 11.3 Å². The molecule has 5 heteroatoms. The number of hydrogen-bond donors (Lipinski definition) is 2. The quantitative estimate of drug-likeness (QED) is 0.882. The smallest absolute Gasteiger partial charge is 0.268 e. The molecular formula is C17H20BrN3O. The Labute approximate surface area is 139 Å². The highest BCUT2D eigenvalue weighted by Gasteiger charge is 2.19. The van der Waals surface area contributed by atoms with Crippen LogP contribution in [-0.4, -0.2) is 29.6 Å². The van der Waals surface area contributed by atoms with Gasteiger partial charge in [-0.1, -0.05) is 28.1 Å². The van der Waals surface area contributed by atoms with Gasteiger partial charge in [-0.15, -0.1) is 0 Å². The van der Waals surface area contributed by atoms with Crippen LogP contribution >= 0.6 is 15.9 Å². The van der Waals surface area contributed by atoms with Crippen LogP contribution in [0.5, 0.6) is 0 Å². The molecule has 22 heavy (non-hydrogen) atoms. The third-order valence-corrected chi connectivity index (χ3v) is 4.66. The van der Waals surface area contributed by atoms with Crippen LogP contribution in [0.1, 0.15) is 23.3 Å². The van der Waals surface area contributed by atoms with Gasteiger partial charge in [-0.25, -0.2) is 0 Å². The first-order valence-corrected chi connectivity index (χ1v) is 8.37. The molecule has 2 heterocycles. The minimum absolute atomic E-state index is 0.000406. The molecule has 2 N–H and O–H groups in total. The number of amides is 1. The fourth-order valence-corrected chi connectivity index (χ4v) is 3.15. The fraction of sp³-hybridized carbons (Fsp3) is 0.353. The van der Waals surface area contributed by atoms with Crippen LogP contribution in [0.2, 0.25) is 0 Å². The molecule has 0 spiro atoms. The first kappa shape index (κ1) is 15.3. The van der Waals surface area contributed by atoms with Gasteiger partial charge in [0.25, 0.3) is 5.91 Å². The van der Waals surface area contributed by atoms with E-state index in [0.29, 0.717) is 5.69 Å². The van der Waals surface area contributed by atoms with Crippen molar-refractivity contribution in [3.05, 3.63) is 46.6 Å². The number of rotatable bonds is 3. The number of hydrogen-bond acceptors (Lipinski definition) is 2. The summed E-state index contributed by atoms with van der Waals surface area (Å²) in [5.41, 5.74) is 2.84. The summed E-state index contributed by atoms with van der Waals surface area (Å²) in [5.74, 6) is -0.000406. The van der Waals surface area contributed by atoms with Crippen LogP contribution in [0.4, 0.5) is 0 Å². The fourth-order valence-electron chi connectivity index (χ4n) is 2.88. The Kier molecular flexibility index (Phi) is 4.64. The molecule has 0 radical (unpaired) electrons. The van der Waals surface area contributed by atoms with Gasteiger partial charge in [-0.3, -0.25) is 4.79 Å². The molecule has 3 rings (SSSR count). The highest BCUT2D eigenvalue weighted by molar-refractivity contribution is 9.10. The zero-order valence-corrected chi connectivity index (χ0v) is 14.2. The average molecular weight is 362 g/mol. The van der Waals surface area contributed by atoms with Crippen molar-refractivity contribution in [3.8, 4) is 11.3 Å².